The SMILES string of the molecule is CCCCOC(=O)CCC(O)c1ccc(F)c(Br)c1. The van der Waals surface area contributed by atoms with E-state index in [9.17, 15) is 14.3 Å². The molecule has 0 amide bonds. The van der Waals surface area contributed by atoms with Crippen LogP contribution in [0.2, 0.25) is 0 Å². The molecule has 0 bridgehead atoms. The molecule has 5 heteroatoms. The average Bonchev–Trinajstić information content (AvgIpc) is 2.39. The summed E-state index contributed by atoms with van der Waals surface area (Å²) in [6, 6.07) is 4.30. The smallest absolute Gasteiger partial charge is 0.305 e. The molecule has 1 unspecified atom stereocenters. The van der Waals surface area contributed by atoms with Crippen molar-refractivity contribution >= 4 is 21.9 Å². The number of hydrogen-bond donors (Lipinski definition) is 1. The first-order valence-corrected chi connectivity index (χ1v) is 7.12. The van der Waals surface area contributed by atoms with Gasteiger partial charge in [-0.3, -0.25) is 4.79 Å². The van der Waals surface area contributed by atoms with Crippen LogP contribution in [0.3, 0.4) is 0 Å². The molecule has 0 aromatic heterocycles. The fourth-order valence-corrected chi connectivity index (χ4v) is 1.94. The van der Waals surface area contributed by atoms with Crippen LogP contribution in [0.4, 0.5) is 4.39 Å². The summed E-state index contributed by atoms with van der Waals surface area (Å²) in [6.07, 6.45) is 1.44. The van der Waals surface area contributed by atoms with E-state index in [0.717, 1.165) is 12.8 Å². The van der Waals surface area contributed by atoms with Crippen LogP contribution < -0.4 is 0 Å². The lowest BCUT2D eigenvalue weighted by molar-refractivity contribution is -0.144. The number of ether oxygens (including phenoxy) is 1. The van der Waals surface area contributed by atoms with Crippen molar-refractivity contribution in [3.63, 3.8) is 0 Å². The molecule has 0 spiro atoms. The zero-order valence-electron chi connectivity index (χ0n) is 10.9. The topological polar surface area (TPSA) is 46.5 Å². The van der Waals surface area contributed by atoms with E-state index >= 15 is 0 Å². The standard InChI is InChI=1S/C14H18BrFO3/c1-2-3-8-19-14(18)7-6-13(17)10-4-5-12(16)11(15)9-10/h4-5,9,13,17H,2-3,6-8H2,1H3. The maximum absolute atomic E-state index is 13.0. The highest BCUT2D eigenvalue weighted by atomic mass is 79.9. The van der Waals surface area contributed by atoms with Crippen LogP contribution in [0, 0.1) is 5.82 Å². The molecule has 19 heavy (non-hydrogen) atoms. The van der Waals surface area contributed by atoms with Gasteiger partial charge in [0.15, 0.2) is 0 Å². The summed E-state index contributed by atoms with van der Waals surface area (Å²) in [5.74, 6) is -0.691. The minimum atomic E-state index is -0.796. The van der Waals surface area contributed by atoms with Gasteiger partial charge in [0.1, 0.15) is 5.82 Å². The molecule has 106 valence electrons. The van der Waals surface area contributed by atoms with Crippen molar-refractivity contribution in [3.05, 3.63) is 34.1 Å². The van der Waals surface area contributed by atoms with Gasteiger partial charge in [-0.05, 0) is 46.5 Å². The fraction of sp³-hybridized carbons (Fsp3) is 0.500. The normalized spacial score (nSPS) is 12.2. The molecule has 0 saturated heterocycles. The molecule has 1 aromatic carbocycles. The zero-order valence-corrected chi connectivity index (χ0v) is 12.5. The van der Waals surface area contributed by atoms with Crippen LogP contribution in [-0.2, 0) is 9.53 Å². The second-order valence-electron chi connectivity index (χ2n) is 4.30. The van der Waals surface area contributed by atoms with Crippen LogP contribution in [0.15, 0.2) is 22.7 Å². The van der Waals surface area contributed by atoms with E-state index < -0.39 is 6.10 Å². The predicted octanol–water partition coefficient (Wildman–Crippen LogP) is 3.75. The Morgan fingerprint density at radius 3 is 2.89 bits per heavy atom. The highest BCUT2D eigenvalue weighted by Crippen LogP contribution is 2.24. The number of hydrogen-bond acceptors (Lipinski definition) is 3. The number of halogens is 2. The quantitative estimate of drug-likeness (QED) is 0.611. The maximum Gasteiger partial charge on any atom is 0.305 e. The molecular formula is C14H18BrFO3. The van der Waals surface area contributed by atoms with Gasteiger partial charge in [0.2, 0.25) is 0 Å². The van der Waals surface area contributed by atoms with Gasteiger partial charge < -0.3 is 9.84 Å². The van der Waals surface area contributed by atoms with Gasteiger partial charge >= 0.3 is 5.97 Å². The van der Waals surface area contributed by atoms with E-state index in [-0.39, 0.29) is 24.6 Å². The summed E-state index contributed by atoms with van der Waals surface area (Å²) in [7, 11) is 0. The Labute approximate surface area is 120 Å². The van der Waals surface area contributed by atoms with E-state index in [1.54, 1.807) is 0 Å². The third-order valence-electron chi connectivity index (χ3n) is 2.71. The summed E-state index contributed by atoms with van der Waals surface area (Å²) in [5.41, 5.74) is 0.578. The zero-order chi connectivity index (χ0) is 14.3. The number of carbonyl (C=O) groups excluding carboxylic acids is 1. The van der Waals surface area contributed by atoms with E-state index in [0.29, 0.717) is 16.6 Å². The monoisotopic (exact) mass is 332 g/mol. The molecule has 0 fully saturated rings. The Morgan fingerprint density at radius 2 is 2.26 bits per heavy atom. The Hall–Kier alpha value is -0.940. The second kappa shape index (κ2) is 8.27. The van der Waals surface area contributed by atoms with Crippen molar-refractivity contribution in [2.75, 3.05) is 6.61 Å². The molecule has 1 N–H and O–H groups in total. The lowest BCUT2D eigenvalue weighted by Gasteiger charge is -2.11. The maximum atomic E-state index is 13.0. The fourth-order valence-electron chi connectivity index (χ4n) is 1.54. The molecule has 3 nitrogen and oxygen atoms in total. The first-order chi connectivity index (χ1) is 9.04. The van der Waals surface area contributed by atoms with Crippen molar-refractivity contribution in [1.82, 2.24) is 0 Å². The van der Waals surface area contributed by atoms with E-state index in [2.05, 4.69) is 15.9 Å². The number of unbranched alkanes of at least 4 members (excludes halogenated alkanes) is 1. The molecule has 0 saturated carbocycles. The number of carbonyl (C=O) groups is 1. The Bertz CT molecular complexity index is 423. The summed E-state index contributed by atoms with van der Waals surface area (Å²) in [4.78, 5) is 11.4. The molecule has 0 aliphatic heterocycles. The number of aliphatic hydroxyl groups excluding tert-OH is 1. The molecule has 1 atom stereocenters. The lowest BCUT2D eigenvalue weighted by Crippen LogP contribution is -2.08. The number of esters is 1. The third-order valence-corrected chi connectivity index (χ3v) is 3.32. The Morgan fingerprint density at radius 1 is 1.53 bits per heavy atom. The van der Waals surface area contributed by atoms with Gasteiger partial charge in [0.05, 0.1) is 17.2 Å². The van der Waals surface area contributed by atoms with E-state index in [1.165, 1.54) is 18.2 Å². The molecule has 0 aliphatic rings. The summed E-state index contributed by atoms with van der Waals surface area (Å²) in [6.45, 7) is 2.44. The Kier molecular flexibility index (Phi) is 7.02. The number of rotatable bonds is 7. The minimum Gasteiger partial charge on any atom is -0.466 e. The summed E-state index contributed by atoms with van der Waals surface area (Å²) >= 11 is 3.06. The molecule has 1 aromatic rings. The van der Waals surface area contributed by atoms with Crippen molar-refractivity contribution in [2.45, 2.75) is 38.7 Å². The van der Waals surface area contributed by atoms with Crippen LogP contribution in [0.25, 0.3) is 0 Å². The largest absolute Gasteiger partial charge is 0.466 e. The first-order valence-electron chi connectivity index (χ1n) is 6.33. The second-order valence-corrected chi connectivity index (χ2v) is 5.16. The van der Waals surface area contributed by atoms with Gasteiger partial charge in [-0.1, -0.05) is 19.4 Å². The van der Waals surface area contributed by atoms with Gasteiger partial charge in [-0.2, -0.15) is 0 Å². The van der Waals surface area contributed by atoms with Crippen LogP contribution >= 0.6 is 15.9 Å². The Balaban J connectivity index is 2.40. The van der Waals surface area contributed by atoms with Gasteiger partial charge in [0, 0.05) is 6.42 Å². The average molecular weight is 333 g/mol. The van der Waals surface area contributed by atoms with Crippen LogP contribution in [-0.4, -0.2) is 17.7 Å². The lowest BCUT2D eigenvalue weighted by atomic mass is 10.1. The van der Waals surface area contributed by atoms with E-state index in [1.807, 2.05) is 6.92 Å². The van der Waals surface area contributed by atoms with Crippen molar-refractivity contribution < 1.29 is 19.0 Å². The van der Waals surface area contributed by atoms with E-state index in [4.69, 9.17) is 4.74 Å². The number of aliphatic hydroxyl groups is 1. The summed E-state index contributed by atoms with van der Waals surface area (Å²) in [5, 5.41) is 9.91. The van der Waals surface area contributed by atoms with Gasteiger partial charge in [0.25, 0.3) is 0 Å². The predicted molar refractivity (Wildman–Crippen MR) is 74.2 cm³/mol. The highest BCUT2D eigenvalue weighted by molar-refractivity contribution is 9.10. The highest BCUT2D eigenvalue weighted by Gasteiger charge is 2.12. The van der Waals surface area contributed by atoms with Crippen molar-refractivity contribution in [2.24, 2.45) is 0 Å². The van der Waals surface area contributed by atoms with Crippen molar-refractivity contribution in [1.29, 1.82) is 0 Å². The molecule has 0 heterocycles. The minimum absolute atomic E-state index is 0.153. The van der Waals surface area contributed by atoms with Gasteiger partial charge in [-0.25, -0.2) is 4.39 Å². The van der Waals surface area contributed by atoms with Gasteiger partial charge in [-0.15, -0.1) is 0 Å². The number of benzene rings is 1. The molecular weight excluding hydrogens is 315 g/mol. The van der Waals surface area contributed by atoms with Crippen LogP contribution in [0.5, 0.6) is 0 Å². The third kappa shape index (κ3) is 5.70. The molecule has 0 aliphatic carbocycles. The van der Waals surface area contributed by atoms with Crippen molar-refractivity contribution in [3.8, 4) is 0 Å². The first kappa shape index (κ1) is 16.1. The molecule has 0 radical (unpaired) electrons. The molecule has 1 rings (SSSR count). The van der Waals surface area contributed by atoms with Crippen LogP contribution in [0.1, 0.15) is 44.3 Å². The summed E-state index contributed by atoms with van der Waals surface area (Å²) < 4.78 is 18.3.